The molecule has 2 rings (SSSR count). The first-order valence-corrected chi connectivity index (χ1v) is 7.33. The summed E-state index contributed by atoms with van der Waals surface area (Å²) < 4.78 is 5.29. The highest BCUT2D eigenvalue weighted by molar-refractivity contribution is 5.94. The van der Waals surface area contributed by atoms with Crippen molar-refractivity contribution >= 4 is 11.9 Å². The Bertz CT molecular complexity index is 724. The van der Waals surface area contributed by atoms with Crippen molar-refractivity contribution in [3.8, 4) is 0 Å². The van der Waals surface area contributed by atoms with Crippen molar-refractivity contribution in [1.29, 1.82) is 0 Å². The van der Waals surface area contributed by atoms with E-state index < -0.39 is 12.0 Å². The van der Waals surface area contributed by atoms with Crippen molar-refractivity contribution in [3.63, 3.8) is 0 Å². The zero-order chi connectivity index (χ0) is 17.9. The number of amides is 1. The maximum atomic E-state index is 11.9. The summed E-state index contributed by atoms with van der Waals surface area (Å²) in [5.74, 6) is -0.360. The summed E-state index contributed by atoms with van der Waals surface area (Å²) in [6.07, 6.45) is 0. The minimum Gasteiger partial charge on any atom is -0.480 e. The lowest BCUT2D eigenvalue weighted by atomic mass is 10.0. The van der Waals surface area contributed by atoms with Gasteiger partial charge >= 0.3 is 5.97 Å². The second kappa shape index (κ2) is 7.22. The van der Waals surface area contributed by atoms with Gasteiger partial charge in [0, 0.05) is 26.6 Å². The summed E-state index contributed by atoms with van der Waals surface area (Å²) in [7, 11) is 4.99. The number of nitrogens with zero attached hydrogens (tertiary/aromatic N) is 4. The number of carboxylic acid groups (broad SMARTS) is 1. The Hall–Kier alpha value is -2.74. The summed E-state index contributed by atoms with van der Waals surface area (Å²) in [5.41, 5.74) is 1.07. The van der Waals surface area contributed by atoms with Crippen molar-refractivity contribution in [2.75, 3.05) is 21.1 Å². The van der Waals surface area contributed by atoms with Gasteiger partial charge in [-0.25, -0.2) is 0 Å². The maximum absolute atomic E-state index is 11.9. The van der Waals surface area contributed by atoms with Gasteiger partial charge in [-0.15, -0.1) is 10.2 Å². The van der Waals surface area contributed by atoms with Gasteiger partial charge in [-0.2, -0.15) is 0 Å². The van der Waals surface area contributed by atoms with E-state index in [0.717, 1.165) is 0 Å². The minimum atomic E-state index is -1.000. The zero-order valence-corrected chi connectivity index (χ0v) is 14.1. The molecule has 0 aliphatic carbocycles. The lowest BCUT2D eigenvalue weighted by molar-refractivity contribution is -0.143. The number of rotatable bonds is 6. The number of likely N-dealkylation sites (N-methyl/N-ethyl adjacent to an activating group) is 1. The predicted octanol–water partition coefficient (Wildman–Crippen LogP) is 1.34. The van der Waals surface area contributed by atoms with Crippen LogP contribution in [-0.2, 0) is 11.3 Å². The zero-order valence-electron chi connectivity index (χ0n) is 14.1. The van der Waals surface area contributed by atoms with Crippen LogP contribution in [0.4, 0.5) is 0 Å². The summed E-state index contributed by atoms with van der Waals surface area (Å²) in [6.45, 7) is 1.88. The number of carboxylic acids is 1. The Kier molecular flexibility index (Phi) is 5.30. The Labute approximate surface area is 139 Å². The Morgan fingerprint density at radius 1 is 1.17 bits per heavy atom. The second-order valence-electron chi connectivity index (χ2n) is 5.69. The van der Waals surface area contributed by atoms with E-state index in [1.165, 1.54) is 4.90 Å². The fraction of sp³-hybridized carbons (Fsp3) is 0.375. The number of benzene rings is 1. The SMILES string of the molecule is Cc1nnc(CN(C)C(C(=O)O)c2ccc(C(=O)N(C)C)cc2)o1. The van der Waals surface area contributed by atoms with Gasteiger partial charge in [0.15, 0.2) is 0 Å². The highest BCUT2D eigenvalue weighted by atomic mass is 16.4. The third-order valence-electron chi connectivity index (χ3n) is 3.51. The molecule has 0 saturated carbocycles. The topological polar surface area (TPSA) is 99.8 Å². The van der Waals surface area contributed by atoms with Gasteiger partial charge in [-0.05, 0) is 24.7 Å². The number of carbonyl (C=O) groups is 2. The highest BCUT2D eigenvalue weighted by Gasteiger charge is 2.26. The van der Waals surface area contributed by atoms with Crippen LogP contribution in [0.15, 0.2) is 28.7 Å². The molecule has 1 N–H and O–H groups in total. The molecule has 0 fully saturated rings. The molecule has 0 spiro atoms. The molecule has 1 heterocycles. The molecule has 0 saturated heterocycles. The van der Waals surface area contributed by atoms with E-state index in [1.807, 2.05) is 0 Å². The Morgan fingerprint density at radius 2 is 1.79 bits per heavy atom. The van der Waals surface area contributed by atoms with Crippen LogP contribution >= 0.6 is 0 Å². The van der Waals surface area contributed by atoms with Gasteiger partial charge in [0.25, 0.3) is 5.91 Å². The lowest BCUT2D eigenvalue weighted by Crippen LogP contribution is -2.30. The van der Waals surface area contributed by atoms with Gasteiger partial charge in [0.1, 0.15) is 6.04 Å². The van der Waals surface area contributed by atoms with Gasteiger partial charge in [-0.1, -0.05) is 12.1 Å². The average Bonchev–Trinajstić information content (AvgIpc) is 2.92. The molecule has 1 aromatic carbocycles. The van der Waals surface area contributed by atoms with Crippen LogP contribution in [0.2, 0.25) is 0 Å². The first-order valence-electron chi connectivity index (χ1n) is 7.33. The van der Waals surface area contributed by atoms with Crippen molar-refractivity contribution in [3.05, 3.63) is 47.2 Å². The minimum absolute atomic E-state index is 0.136. The van der Waals surface area contributed by atoms with E-state index >= 15 is 0 Å². The van der Waals surface area contributed by atoms with E-state index in [0.29, 0.717) is 22.9 Å². The number of carbonyl (C=O) groups excluding carboxylic acids is 1. The van der Waals surface area contributed by atoms with Gasteiger partial charge < -0.3 is 14.4 Å². The number of aromatic nitrogens is 2. The number of hydrogen-bond donors (Lipinski definition) is 1. The molecule has 2 aromatic rings. The smallest absolute Gasteiger partial charge is 0.325 e. The molecule has 128 valence electrons. The van der Waals surface area contributed by atoms with Crippen LogP contribution in [0.3, 0.4) is 0 Å². The lowest BCUT2D eigenvalue weighted by Gasteiger charge is -2.23. The molecule has 0 aliphatic heterocycles. The van der Waals surface area contributed by atoms with Crippen LogP contribution in [0, 0.1) is 6.92 Å². The molecular formula is C16H20N4O4. The first kappa shape index (κ1) is 17.6. The molecule has 0 aliphatic rings. The highest BCUT2D eigenvalue weighted by Crippen LogP contribution is 2.22. The monoisotopic (exact) mass is 332 g/mol. The van der Waals surface area contributed by atoms with Gasteiger partial charge in [0.2, 0.25) is 11.8 Å². The second-order valence-corrected chi connectivity index (χ2v) is 5.69. The van der Waals surface area contributed by atoms with Gasteiger partial charge in [0.05, 0.1) is 6.54 Å². The summed E-state index contributed by atoms with van der Waals surface area (Å²) in [4.78, 5) is 26.7. The molecule has 1 aromatic heterocycles. The van der Waals surface area contributed by atoms with Crippen molar-refractivity contribution in [1.82, 2.24) is 20.0 Å². The van der Waals surface area contributed by atoms with E-state index in [4.69, 9.17) is 4.42 Å². The Morgan fingerprint density at radius 3 is 2.25 bits per heavy atom. The number of hydrogen-bond acceptors (Lipinski definition) is 6. The molecule has 0 bridgehead atoms. The number of aliphatic carboxylic acids is 1. The van der Waals surface area contributed by atoms with Crippen LogP contribution in [-0.4, -0.2) is 58.1 Å². The van der Waals surface area contributed by atoms with Gasteiger partial charge in [-0.3, -0.25) is 14.5 Å². The molecule has 1 amide bonds. The van der Waals surface area contributed by atoms with Crippen LogP contribution in [0.1, 0.15) is 33.7 Å². The third kappa shape index (κ3) is 3.96. The largest absolute Gasteiger partial charge is 0.480 e. The van der Waals surface area contributed by atoms with E-state index in [2.05, 4.69) is 10.2 Å². The summed E-state index contributed by atoms with van der Waals surface area (Å²) in [6, 6.07) is 5.65. The number of aryl methyl sites for hydroxylation is 1. The molecular weight excluding hydrogens is 312 g/mol. The van der Waals surface area contributed by atoms with E-state index in [-0.39, 0.29) is 12.5 Å². The summed E-state index contributed by atoms with van der Waals surface area (Å²) >= 11 is 0. The molecule has 8 heteroatoms. The maximum Gasteiger partial charge on any atom is 0.325 e. The molecule has 8 nitrogen and oxygen atoms in total. The molecule has 1 atom stereocenters. The van der Waals surface area contributed by atoms with Crippen LogP contribution in [0.25, 0.3) is 0 Å². The standard InChI is InChI=1S/C16H20N4O4/c1-10-17-18-13(24-10)9-20(4)14(16(22)23)11-5-7-12(8-6-11)15(21)19(2)3/h5-8,14H,9H2,1-4H3,(H,22,23). The van der Waals surface area contributed by atoms with Crippen molar-refractivity contribution in [2.45, 2.75) is 19.5 Å². The third-order valence-corrected chi connectivity index (χ3v) is 3.51. The molecule has 1 unspecified atom stereocenters. The van der Waals surface area contributed by atoms with E-state index in [1.54, 1.807) is 57.2 Å². The normalized spacial score (nSPS) is 12.2. The molecule has 0 radical (unpaired) electrons. The predicted molar refractivity (Wildman–Crippen MR) is 85.3 cm³/mol. The Balaban J connectivity index is 2.20. The first-order chi connectivity index (χ1) is 11.3. The van der Waals surface area contributed by atoms with E-state index in [9.17, 15) is 14.7 Å². The molecule has 24 heavy (non-hydrogen) atoms. The average molecular weight is 332 g/mol. The quantitative estimate of drug-likeness (QED) is 0.852. The van der Waals surface area contributed by atoms with Crippen LogP contribution in [0.5, 0.6) is 0 Å². The summed E-state index contributed by atoms with van der Waals surface area (Å²) in [5, 5.41) is 17.2. The van der Waals surface area contributed by atoms with Crippen molar-refractivity contribution in [2.24, 2.45) is 0 Å². The fourth-order valence-electron chi connectivity index (χ4n) is 2.36. The van der Waals surface area contributed by atoms with Crippen molar-refractivity contribution < 1.29 is 19.1 Å². The fourth-order valence-corrected chi connectivity index (χ4v) is 2.36. The van der Waals surface area contributed by atoms with Crippen LogP contribution < -0.4 is 0 Å².